The first-order valence-electron chi connectivity index (χ1n) is 7.51. The monoisotopic (exact) mass is 305 g/mol. The number of hydrogen-bond acceptors (Lipinski definition) is 2. The Morgan fingerprint density at radius 3 is 2.14 bits per heavy atom. The van der Waals surface area contributed by atoms with Crippen molar-refractivity contribution in [3.8, 4) is 0 Å². The van der Waals surface area contributed by atoms with E-state index in [0.29, 0.717) is 0 Å². The number of thiophene rings is 1. The molecule has 1 aromatic carbocycles. The van der Waals surface area contributed by atoms with Gasteiger partial charge < -0.3 is 5.32 Å². The van der Waals surface area contributed by atoms with Crippen molar-refractivity contribution in [3.63, 3.8) is 0 Å². The van der Waals surface area contributed by atoms with Crippen LogP contribution in [0.1, 0.15) is 51.4 Å². The summed E-state index contributed by atoms with van der Waals surface area (Å²) < 4.78 is 13.9. The summed E-state index contributed by atoms with van der Waals surface area (Å²) in [5.74, 6) is -0.0912. The van der Waals surface area contributed by atoms with E-state index in [2.05, 4.69) is 32.2 Å². The van der Waals surface area contributed by atoms with Crippen LogP contribution in [0.15, 0.2) is 18.2 Å². The zero-order chi connectivity index (χ0) is 15.6. The fourth-order valence-electron chi connectivity index (χ4n) is 2.56. The van der Waals surface area contributed by atoms with Crippen molar-refractivity contribution in [3.05, 3.63) is 56.0 Å². The van der Waals surface area contributed by atoms with Crippen LogP contribution in [-0.2, 0) is 0 Å². The van der Waals surface area contributed by atoms with Gasteiger partial charge in [-0.25, -0.2) is 4.39 Å². The third kappa shape index (κ3) is 3.53. The van der Waals surface area contributed by atoms with Crippen molar-refractivity contribution in [1.82, 2.24) is 5.32 Å². The second-order valence-electron chi connectivity index (χ2n) is 5.74. The first kappa shape index (κ1) is 16.2. The van der Waals surface area contributed by atoms with Crippen LogP contribution in [0, 0.1) is 33.5 Å². The Labute approximate surface area is 131 Å². The van der Waals surface area contributed by atoms with E-state index in [1.54, 1.807) is 0 Å². The molecule has 0 spiro atoms. The quantitative estimate of drug-likeness (QED) is 0.799. The summed E-state index contributed by atoms with van der Waals surface area (Å²) in [6, 6.07) is 6.35. The maximum atomic E-state index is 13.9. The summed E-state index contributed by atoms with van der Waals surface area (Å²) in [5, 5.41) is 3.60. The van der Waals surface area contributed by atoms with Crippen LogP contribution in [0.2, 0.25) is 0 Å². The summed E-state index contributed by atoms with van der Waals surface area (Å²) in [4.78, 5) is 2.66. The zero-order valence-electron chi connectivity index (χ0n) is 13.5. The molecule has 1 nitrogen and oxygen atoms in total. The largest absolute Gasteiger partial charge is 0.306 e. The molecule has 1 heterocycles. The molecule has 0 aliphatic carbocycles. The predicted octanol–water partition coefficient (Wildman–Crippen LogP) is 5.21. The molecule has 21 heavy (non-hydrogen) atoms. The van der Waals surface area contributed by atoms with E-state index in [0.717, 1.165) is 29.7 Å². The highest BCUT2D eigenvalue weighted by molar-refractivity contribution is 7.12. The highest BCUT2D eigenvalue weighted by Gasteiger charge is 2.18. The molecule has 1 atom stereocenters. The van der Waals surface area contributed by atoms with E-state index in [1.807, 2.05) is 37.3 Å². The molecule has 0 radical (unpaired) electrons. The van der Waals surface area contributed by atoms with Crippen LogP contribution in [0.4, 0.5) is 4.39 Å². The minimum atomic E-state index is -0.0912. The van der Waals surface area contributed by atoms with Crippen LogP contribution in [0.5, 0.6) is 0 Å². The molecule has 0 amide bonds. The van der Waals surface area contributed by atoms with Crippen LogP contribution in [0.25, 0.3) is 0 Å². The normalized spacial score (nSPS) is 12.7. The lowest BCUT2D eigenvalue weighted by molar-refractivity contribution is 0.590. The van der Waals surface area contributed by atoms with Gasteiger partial charge in [-0.15, -0.1) is 11.3 Å². The molecule has 114 valence electrons. The van der Waals surface area contributed by atoms with Gasteiger partial charge in [0.15, 0.2) is 0 Å². The van der Waals surface area contributed by atoms with Crippen molar-refractivity contribution >= 4 is 11.3 Å². The maximum Gasteiger partial charge on any atom is 0.129 e. The van der Waals surface area contributed by atoms with Gasteiger partial charge in [0.05, 0.1) is 6.04 Å². The van der Waals surface area contributed by atoms with Crippen molar-refractivity contribution in [2.24, 2.45) is 0 Å². The number of rotatable bonds is 5. The fraction of sp³-hybridized carbons (Fsp3) is 0.444. The molecule has 2 rings (SSSR count). The van der Waals surface area contributed by atoms with E-state index in [4.69, 9.17) is 0 Å². The molecule has 1 aromatic heterocycles. The maximum absolute atomic E-state index is 13.9. The lowest BCUT2D eigenvalue weighted by Gasteiger charge is -2.19. The molecule has 0 bridgehead atoms. The summed E-state index contributed by atoms with van der Waals surface area (Å²) in [5.41, 5.74) is 3.92. The van der Waals surface area contributed by atoms with E-state index < -0.39 is 0 Å². The van der Waals surface area contributed by atoms with Gasteiger partial charge >= 0.3 is 0 Å². The summed E-state index contributed by atoms with van der Waals surface area (Å²) in [7, 11) is 0. The SMILES string of the molecule is CCCNC(c1cc(C)c(F)c(C)c1)c1cc(C)c(C)s1. The third-order valence-electron chi connectivity index (χ3n) is 3.86. The van der Waals surface area contributed by atoms with Crippen molar-refractivity contribution < 1.29 is 4.39 Å². The lowest BCUT2D eigenvalue weighted by Crippen LogP contribution is -2.22. The van der Waals surface area contributed by atoms with Gasteiger partial charge in [0.25, 0.3) is 0 Å². The van der Waals surface area contributed by atoms with Gasteiger partial charge in [-0.2, -0.15) is 0 Å². The van der Waals surface area contributed by atoms with Gasteiger partial charge in [0.1, 0.15) is 5.82 Å². The first-order valence-corrected chi connectivity index (χ1v) is 8.32. The number of aryl methyl sites for hydroxylation is 4. The van der Waals surface area contributed by atoms with E-state index in [-0.39, 0.29) is 11.9 Å². The van der Waals surface area contributed by atoms with Gasteiger partial charge in [-0.05, 0) is 69.0 Å². The van der Waals surface area contributed by atoms with E-state index >= 15 is 0 Å². The molecular formula is C18H24FNS. The number of hydrogen-bond donors (Lipinski definition) is 1. The molecule has 1 unspecified atom stereocenters. The standard InChI is InChI=1S/C18H24FNS/c1-6-7-20-18(16-10-11(2)14(5)21-16)15-8-12(3)17(19)13(4)9-15/h8-10,18,20H,6-7H2,1-5H3. The van der Waals surface area contributed by atoms with E-state index in [9.17, 15) is 4.39 Å². The van der Waals surface area contributed by atoms with Crippen LogP contribution in [-0.4, -0.2) is 6.54 Å². The molecular weight excluding hydrogens is 281 g/mol. The number of nitrogens with one attached hydrogen (secondary N) is 1. The predicted molar refractivity (Wildman–Crippen MR) is 89.8 cm³/mol. The molecule has 0 fully saturated rings. The van der Waals surface area contributed by atoms with Crippen molar-refractivity contribution in [2.75, 3.05) is 6.54 Å². The molecule has 0 saturated carbocycles. The Bertz CT molecular complexity index is 588. The molecule has 0 aliphatic rings. The number of halogens is 1. The van der Waals surface area contributed by atoms with E-state index in [1.165, 1.54) is 15.3 Å². The third-order valence-corrected chi connectivity index (χ3v) is 5.08. The summed E-state index contributed by atoms with van der Waals surface area (Å²) >= 11 is 1.83. The number of benzene rings is 1. The Hall–Kier alpha value is -1.19. The first-order chi connectivity index (χ1) is 9.93. The Balaban J connectivity index is 2.45. The van der Waals surface area contributed by atoms with Gasteiger partial charge in [-0.3, -0.25) is 0 Å². The van der Waals surface area contributed by atoms with Crippen LogP contribution in [0.3, 0.4) is 0 Å². The highest BCUT2D eigenvalue weighted by atomic mass is 32.1. The molecule has 0 saturated heterocycles. The lowest BCUT2D eigenvalue weighted by atomic mass is 9.99. The average molecular weight is 305 g/mol. The van der Waals surface area contributed by atoms with Gasteiger partial charge in [-0.1, -0.05) is 19.1 Å². The minimum absolute atomic E-state index is 0.0912. The second kappa shape index (κ2) is 6.71. The van der Waals surface area contributed by atoms with Crippen LogP contribution >= 0.6 is 11.3 Å². The van der Waals surface area contributed by atoms with Gasteiger partial charge in [0, 0.05) is 9.75 Å². The Morgan fingerprint density at radius 2 is 1.67 bits per heavy atom. The molecule has 2 aromatic rings. The molecule has 0 aliphatic heterocycles. The highest BCUT2D eigenvalue weighted by Crippen LogP contribution is 2.32. The van der Waals surface area contributed by atoms with Gasteiger partial charge in [0.2, 0.25) is 0 Å². The zero-order valence-corrected chi connectivity index (χ0v) is 14.3. The van der Waals surface area contributed by atoms with Crippen molar-refractivity contribution in [2.45, 2.75) is 47.1 Å². The average Bonchev–Trinajstić information content (AvgIpc) is 2.76. The smallest absolute Gasteiger partial charge is 0.129 e. The summed E-state index contributed by atoms with van der Waals surface area (Å²) in [6.45, 7) is 11.1. The van der Waals surface area contributed by atoms with Crippen molar-refractivity contribution in [1.29, 1.82) is 0 Å². The Kier molecular flexibility index (Phi) is 5.17. The minimum Gasteiger partial charge on any atom is -0.306 e. The molecule has 1 N–H and O–H groups in total. The van der Waals surface area contributed by atoms with Crippen LogP contribution < -0.4 is 5.32 Å². The topological polar surface area (TPSA) is 12.0 Å². The Morgan fingerprint density at radius 1 is 1.05 bits per heavy atom. The second-order valence-corrected chi connectivity index (χ2v) is 7.03. The molecule has 3 heteroatoms. The summed E-state index contributed by atoms with van der Waals surface area (Å²) in [6.07, 6.45) is 1.08. The fourth-order valence-corrected chi connectivity index (χ4v) is 3.71.